The number of fused-ring (bicyclic) bond motifs is 1. The summed E-state index contributed by atoms with van der Waals surface area (Å²) in [7, 11) is -3.23. The maximum Gasteiger partial charge on any atom is 0.216 e. The molecule has 5 nitrogen and oxygen atoms in total. The highest BCUT2D eigenvalue weighted by Crippen LogP contribution is 2.34. The van der Waals surface area contributed by atoms with Crippen molar-refractivity contribution < 1.29 is 8.42 Å². The quantitative estimate of drug-likeness (QED) is 0.584. The van der Waals surface area contributed by atoms with Crippen molar-refractivity contribution in [3.8, 4) is 0 Å². The van der Waals surface area contributed by atoms with Gasteiger partial charge < -0.3 is 10.2 Å². The standard InChI is InChI=1S/C23H33N3O2S/c1-23(2,3)29(27,28)25-17-8-4-7-16-24-20-11-13-21(14-12-20)26-18-15-19-9-5-6-10-22(19)26/h5-6,9-14,24-25H,4,7-8,15-18H2,1-3H3. The third-order valence-corrected chi connectivity index (χ3v) is 7.54. The number of para-hydroxylation sites is 1. The van der Waals surface area contributed by atoms with Gasteiger partial charge in [-0.3, -0.25) is 0 Å². The number of anilines is 3. The van der Waals surface area contributed by atoms with Gasteiger partial charge in [0, 0.05) is 36.7 Å². The average molecular weight is 416 g/mol. The SMILES string of the molecule is CC(C)(C)S(=O)(=O)NCCCCCNc1ccc(N2CCc3ccccc32)cc1. The fraction of sp³-hybridized carbons (Fsp3) is 0.478. The molecule has 0 saturated heterocycles. The normalized spacial score (nSPS) is 14.1. The van der Waals surface area contributed by atoms with Crippen LogP contribution in [0.15, 0.2) is 48.5 Å². The Morgan fingerprint density at radius 3 is 2.34 bits per heavy atom. The molecule has 1 heterocycles. The summed E-state index contributed by atoms with van der Waals surface area (Å²) < 4.78 is 25.9. The van der Waals surface area contributed by atoms with E-state index in [2.05, 4.69) is 63.5 Å². The number of rotatable bonds is 9. The molecular formula is C23H33N3O2S. The summed E-state index contributed by atoms with van der Waals surface area (Å²) in [5.74, 6) is 0. The molecule has 6 heteroatoms. The maximum atomic E-state index is 12.0. The maximum absolute atomic E-state index is 12.0. The van der Waals surface area contributed by atoms with Crippen molar-refractivity contribution in [3.63, 3.8) is 0 Å². The first-order valence-electron chi connectivity index (χ1n) is 10.5. The number of sulfonamides is 1. The lowest BCUT2D eigenvalue weighted by molar-refractivity contribution is 0.540. The van der Waals surface area contributed by atoms with E-state index in [1.807, 2.05) is 0 Å². The van der Waals surface area contributed by atoms with Crippen molar-refractivity contribution in [2.24, 2.45) is 0 Å². The Labute approximate surface area is 175 Å². The van der Waals surface area contributed by atoms with Crippen molar-refractivity contribution in [3.05, 3.63) is 54.1 Å². The Bertz CT molecular complexity index is 902. The summed E-state index contributed by atoms with van der Waals surface area (Å²) in [4.78, 5) is 2.37. The monoisotopic (exact) mass is 415 g/mol. The average Bonchev–Trinajstić information content (AvgIpc) is 3.11. The predicted octanol–water partition coefficient (Wildman–Crippen LogP) is 4.68. The highest BCUT2D eigenvalue weighted by atomic mass is 32.2. The summed E-state index contributed by atoms with van der Waals surface area (Å²) in [6.45, 7) is 7.57. The van der Waals surface area contributed by atoms with Crippen LogP contribution in [0.25, 0.3) is 0 Å². The van der Waals surface area contributed by atoms with Crippen molar-refractivity contribution >= 4 is 27.1 Å². The van der Waals surface area contributed by atoms with E-state index in [-0.39, 0.29) is 0 Å². The largest absolute Gasteiger partial charge is 0.385 e. The van der Waals surface area contributed by atoms with Crippen LogP contribution in [-0.2, 0) is 16.4 Å². The zero-order valence-corrected chi connectivity index (χ0v) is 18.6. The van der Waals surface area contributed by atoms with Crippen LogP contribution in [0.5, 0.6) is 0 Å². The van der Waals surface area contributed by atoms with Crippen LogP contribution in [0.4, 0.5) is 17.1 Å². The van der Waals surface area contributed by atoms with Gasteiger partial charge in [0.15, 0.2) is 0 Å². The van der Waals surface area contributed by atoms with Crippen LogP contribution in [0.2, 0.25) is 0 Å². The van der Waals surface area contributed by atoms with E-state index in [4.69, 9.17) is 0 Å². The number of hydrogen-bond donors (Lipinski definition) is 2. The first-order valence-corrected chi connectivity index (χ1v) is 11.9. The smallest absolute Gasteiger partial charge is 0.216 e. The first kappa shape index (κ1) is 21.7. The summed E-state index contributed by atoms with van der Waals surface area (Å²) >= 11 is 0. The lowest BCUT2D eigenvalue weighted by atomic mass is 10.2. The molecule has 0 bridgehead atoms. The molecular weight excluding hydrogens is 382 g/mol. The second-order valence-electron chi connectivity index (χ2n) is 8.57. The number of nitrogens with zero attached hydrogens (tertiary/aromatic N) is 1. The number of benzene rings is 2. The predicted molar refractivity (Wildman–Crippen MR) is 123 cm³/mol. The number of nitrogens with one attached hydrogen (secondary N) is 2. The molecule has 0 unspecified atom stereocenters. The molecule has 0 aromatic heterocycles. The van der Waals surface area contributed by atoms with Crippen LogP contribution in [-0.4, -0.2) is 32.8 Å². The minimum atomic E-state index is -3.23. The van der Waals surface area contributed by atoms with E-state index >= 15 is 0 Å². The second kappa shape index (κ2) is 9.18. The second-order valence-corrected chi connectivity index (χ2v) is 11.1. The molecule has 0 radical (unpaired) electrons. The van der Waals surface area contributed by atoms with Gasteiger partial charge in [-0.25, -0.2) is 13.1 Å². The van der Waals surface area contributed by atoms with Crippen molar-refractivity contribution in [2.75, 3.05) is 29.9 Å². The lowest BCUT2D eigenvalue weighted by Crippen LogP contribution is -2.39. The molecule has 2 aromatic carbocycles. The van der Waals surface area contributed by atoms with Crippen LogP contribution in [0.3, 0.4) is 0 Å². The van der Waals surface area contributed by atoms with Crippen LogP contribution in [0.1, 0.15) is 45.6 Å². The highest BCUT2D eigenvalue weighted by molar-refractivity contribution is 7.90. The van der Waals surface area contributed by atoms with Crippen LogP contribution >= 0.6 is 0 Å². The highest BCUT2D eigenvalue weighted by Gasteiger charge is 2.27. The van der Waals surface area contributed by atoms with E-state index in [0.29, 0.717) is 6.54 Å². The van der Waals surface area contributed by atoms with E-state index in [1.165, 1.54) is 16.9 Å². The zero-order chi connectivity index (χ0) is 20.9. The number of unbranched alkanes of at least 4 members (excludes halogenated alkanes) is 2. The third-order valence-electron chi connectivity index (χ3n) is 5.35. The molecule has 1 aliphatic heterocycles. The molecule has 0 spiro atoms. The molecule has 29 heavy (non-hydrogen) atoms. The van der Waals surface area contributed by atoms with Gasteiger partial charge in [0.1, 0.15) is 0 Å². The molecule has 0 saturated carbocycles. The van der Waals surface area contributed by atoms with E-state index in [9.17, 15) is 8.42 Å². The molecule has 2 N–H and O–H groups in total. The van der Waals surface area contributed by atoms with Gasteiger partial charge >= 0.3 is 0 Å². The third kappa shape index (κ3) is 5.52. The molecule has 2 aromatic rings. The van der Waals surface area contributed by atoms with Crippen LogP contribution in [0, 0.1) is 0 Å². The Hall–Kier alpha value is -2.05. The van der Waals surface area contributed by atoms with E-state index in [0.717, 1.165) is 44.5 Å². The summed E-state index contributed by atoms with van der Waals surface area (Å²) in [6.07, 6.45) is 3.95. The number of hydrogen-bond acceptors (Lipinski definition) is 4. The minimum Gasteiger partial charge on any atom is -0.385 e. The molecule has 0 aliphatic carbocycles. The first-order chi connectivity index (χ1) is 13.8. The molecule has 0 atom stereocenters. The van der Waals surface area contributed by atoms with Gasteiger partial charge in [-0.15, -0.1) is 0 Å². The summed E-state index contributed by atoms with van der Waals surface area (Å²) in [6, 6.07) is 17.2. The molecule has 3 rings (SSSR count). The zero-order valence-electron chi connectivity index (χ0n) is 17.7. The Balaban J connectivity index is 1.37. The Kier molecular flexibility index (Phi) is 6.85. The molecule has 1 aliphatic rings. The summed E-state index contributed by atoms with van der Waals surface area (Å²) in [5, 5.41) is 3.46. The molecule has 158 valence electrons. The molecule has 0 fully saturated rings. The van der Waals surface area contributed by atoms with Gasteiger partial charge in [0.2, 0.25) is 10.0 Å². The van der Waals surface area contributed by atoms with Crippen molar-refractivity contribution in [2.45, 2.75) is 51.2 Å². The fourth-order valence-corrected chi connectivity index (χ4v) is 4.29. The van der Waals surface area contributed by atoms with E-state index < -0.39 is 14.8 Å². The lowest BCUT2D eigenvalue weighted by Gasteiger charge is -2.20. The van der Waals surface area contributed by atoms with Gasteiger partial charge in [0.05, 0.1) is 4.75 Å². The summed E-state index contributed by atoms with van der Waals surface area (Å²) in [5.41, 5.74) is 5.08. The topological polar surface area (TPSA) is 61.4 Å². The molecule has 0 amide bonds. The van der Waals surface area contributed by atoms with Gasteiger partial charge in [0.25, 0.3) is 0 Å². The van der Waals surface area contributed by atoms with Gasteiger partial charge in [-0.05, 0) is 75.9 Å². The Morgan fingerprint density at radius 1 is 0.931 bits per heavy atom. The van der Waals surface area contributed by atoms with Crippen LogP contribution < -0.4 is 14.9 Å². The van der Waals surface area contributed by atoms with Crippen molar-refractivity contribution in [1.29, 1.82) is 0 Å². The van der Waals surface area contributed by atoms with Crippen molar-refractivity contribution in [1.82, 2.24) is 4.72 Å². The minimum absolute atomic E-state index is 0.506. The Morgan fingerprint density at radius 2 is 1.62 bits per heavy atom. The van der Waals surface area contributed by atoms with E-state index in [1.54, 1.807) is 20.8 Å². The fourth-order valence-electron chi connectivity index (χ4n) is 3.45. The van der Waals surface area contributed by atoms with Gasteiger partial charge in [-0.2, -0.15) is 0 Å². The van der Waals surface area contributed by atoms with Gasteiger partial charge in [-0.1, -0.05) is 24.6 Å².